The average Bonchev–Trinajstić information content (AvgIpc) is 2.64. The minimum Gasteiger partial charge on any atom is -0.480 e. The predicted octanol–water partition coefficient (Wildman–Crippen LogP) is 2.25. The Bertz CT molecular complexity index is 884. The van der Waals surface area contributed by atoms with Crippen LogP contribution in [0.1, 0.15) is 29.3 Å². The largest absolute Gasteiger partial charge is 0.480 e. The van der Waals surface area contributed by atoms with E-state index in [2.05, 4.69) is 10.3 Å². The number of ether oxygens (including phenoxy) is 3. The predicted molar refractivity (Wildman–Crippen MR) is 97.7 cm³/mol. The fourth-order valence-electron chi connectivity index (χ4n) is 2.45. The number of nitrogens with one attached hydrogen (secondary N) is 1. The summed E-state index contributed by atoms with van der Waals surface area (Å²) in [6.07, 6.45) is -0.379. The highest BCUT2D eigenvalue weighted by molar-refractivity contribution is 6.31. The van der Waals surface area contributed by atoms with Crippen LogP contribution in [0.5, 0.6) is 5.88 Å². The van der Waals surface area contributed by atoms with Crippen molar-refractivity contribution in [1.29, 1.82) is 0 Å². The van der Waals surface area contributed by atoms with Gasteiger partial charge in [0.1, 0.15) is 12.0 Å². The van der Waals surface area contributed by atoms with Crippen LogP contribution in [-0.2, 0) is 25.6 Å². The molecule has 0 bridgehead atoms. The zero-order valence-corrected chi connectivity index (χ0v) is 15.9. The summed E-state index contributed by atoms with van der Waals surface area (Å²) >= 11 is 6.14. The van der Waals surface area contributed by atoms with Crippen LogP contribution in [0.4, 0.5) is 0 Å². The second-order valence-electron chi connectivity index (χ2n) is 5.43. The second-order valence-corrected chi connectivity index (χ2v) is 5.87. The van der Waals surface area contributed by atoms with E-state index >= 15 is 0 Å². The minimum absolute atomic E-state index is 0.0863. The van der Waals surface area contributed by atoms with E-state index in [-0.39, 0.29) is 31.0 Å². The number of nitrogens with zero attached hydrogens (tertiary/aromatic N) is 1. The number of fused-ring (bicyclic) bond motifs is 1. The molecule has 1 aromatic carbocycles. The van der Waals surface area contributed by atoms with Crippen LogP contribution < -0.4 is 10.1 Å². The zero-order valence-electron chi connectivity index (χ0n) is 15.1. The van der Waals surface area contributed by atoms with Gasteiger partial charge in [-0.1, -0.05) is 11.6 Å². The summed E-state index contributed by atoms with van der Waals surface area (Å²) in [5.41, 5.74) is 1.26. The summed E-state index contributed by atoms with van der Waals surface area (Å²) in [6.45, 7) is 1.95. The van der Waals surface area contributed by atoms with Crippen molar-refractivity contribution in [2.24, 2.45) is 0 Å². The van der Waals surface area contributed by atoms with Crippen molar-refractivity contribution >= 4 is 40.3 Å². The third kappa shape index (κ3) is 5.07. The highest BCUT2D eigenvalue weighted by Crippen LogP contribution is 2.28. The monoisotopic (exact) mass is 394 g/mol. The lowest BCUT2D eigenvalue weighted by atomic mass is 10.1. The molecule has 0 aliphatic rings. The molecule has 1 amide bonds. The third-order valence-corrected chi connectivity index (χ3v) is 3.83. The maximum atomic E-state index is 11.9. The molecule has 144 valence electrons. The molecule has 1 N–H and O–H groups in total. The van der Waals surface area contributed by atoms with Crippen molar-refractivity contribution in [3.8, 4) is 5.88 Å². The Balaban J connectivity index is 2.32. The first-order valence-electron chi connectivity index (χ1n) is 8.07. The van der Waals surface area contributed by atoms with Gasteiger partial charge in [-0.05, 0) is 30.7 Å². The van der Waals surface area contributed by atoms with Crippen LogP contribution in [-0.4, -0.2) is 43.7 Å². The number of benzene rings is 1. The fraction of sp³-hybridized carbons (Fsp3) is 0.333. The normalized spacial score (nSPS) is 10.4. The molecule has 0 unspecified atom stereocenters. The Morgan fingerprint density at radius 2 is 1.93 bits per heavy atom. The molecule has 0 saturated heterocycles. The molecular formula is C18H19ClN2O6. The SMILES string of the molecule is CCOC(=O)CC(=O)NCc1cc(Cl)cc2cc(C(=O)OC)c(OC)nc12. The maximum absolute atomic E-state index is 11.9. The summed E-state index contributed by atoms with van der Waals surface area (Å²) < 4.78 is 14.6. The molecule has 0 fully saturated rings. The number of methoxy groups -OCH3 is 2. The molecule has 27 heavy (non-hydrogen) atoms. The second kappa shape index (κ2) is 9.18. The first kappa shape index (κ1) is 20.4. The Morgan fingerprint density at radius 3 is 2.56 bits per heavy atom. The lowest BCUT2D eigenvalue weighted by Gasteiger charge is -2.12. The van der Waals surface area contributed by atoms with E-state index in [4.69, 9.17) is 25.8 Å². The van der Waals surface area contributed by atoms with Gasteiger partial charge < -0.3 is 19.5 Å². The van der Waals surface area contributed by atoms with E-state index in [0.717, 1.165) is 0 Å². The van der Waals surface area contributed by atoms with Gasteiger partial charge in [0.25, 0.3) is 0 Å². The van der Waals surface area contributed by atoms with Crippen molar-refractivity contribution in [2.45, 2.75) is 19.9 Å². The van der Waals surface area contributed by atoms with E-state index in [0.29, 0.717) is 21.5 Å². The van der Waals surface area contributed by atoms with E-state index < -0.39 is 17.8 Å². The molecule has 0 aliphatic heterocycles. The Morgan fingerprint density at radius 1 is 1.19 bits per heavy atom. The number of hydrogen-bond donors (Lipinski definition) is 1. The quantitative estimate of drug-likeness (QED) is 0.567. The smallest absolute Gasteiger partial charge is 0.343 e. The fourth-order valence-corrected chi connectivity index (χ4v) is 2.70. The summed E-state index contributed by atoms with van der Waals surface area (Å²) in [5.74, 6) is -1.59. The van der Waals surface area contributed by atoms with Gasteiger partial charge in [0.2, 0.25) is 11.8 Å². The molecule has 2 rings (SSSR count). The van der Waals surface area contributed by atoms with Crippen LogP contribution in [0.15, 0.2) is 18.2 Å². The summed E-state index contributed by atoms with van der Waals surface area (Å²) in [6, 6.07) is 4.83. The molecule has 0 aliphatic carbocycles. The van der Waals surface area contributed by atoms with E-state index in [9.17, 15) is 14.4 Å². The molecule has 9 heteroatoms. The molecule has 1 aromatic heterocycles. The van der Waals surface area contributed by atoms with Crippen LogP contribution in [0.3, 0.4) is 0 Å². The molecule has 8 nitrogen and oxygen atoms in total. The average molecular weight is 395 g/mol. The summed E-state index contributed by atoms with van der Waals surface area (Å²) in [7, 11) is 2.64. The van der Waals surface area contributed by atoms with Gasteiger partial charge in [0, 0.05) is 17.0 Å². The number of rotatable bonds is 7. The van der Waals surface area contributed by atoms with Crippen molar-refractivity contribution in [3.63, 3.8) is 0 Å². The number of pyridine rings is 1. The lowest BCUT2D eigenvalue weighted by Crippen LogP contribution is -2.26. The summed E-state index contributed by atoms with van der Waals surface area (Å²) in [4.78, 5) is 39.5. The minimum atomic E-state index is -0.603. The zero-order chi connectivity index (χ0) is 20.0. The number of hydrogen-bond acceptors (Lipinski definition) is 7. The Labute approximate surface area is 160 Å². The molecule has 0 saturated carbocycles. The number of halogens is 1. The number of amides is 1. The molecule has 1 heterocycles. The number of carbonyl (C=O) groups excluding carboxylic acids is 3. The molecular weight excluding hydrogens is 376 g/mol. The van der Waals surface area contributed by atoms with Crippen molar-refractivity contribution in [3.05, 3.63) is 34.3 Å². The van der Waals surface area contributed by atoms with E-state index in [1.807, 2.05) is 0 Å². The lowest BCUT2D eigenvalue weighted by molar-refractivity contribution is -0.146. The van der Waals surface area contributed by atoms with Gasteiger partial charge in [0.15, 0.2) is 0 Å². The van der Waals surface area contributed by atoms with Gasteiger partial charge in [-0.15, -0.1) is 0 Å². The van der Waals surface area contributed by atoms with Crippen molar-refractivity contribution in [2.75, 3.05) is 20.8 Å². The third-order valence-electron chi connectivity index (χ3n) is 3.61. The van der Waals surface area contributed by atoms with Crippen LogP contribution in [0.25, 0.3) is 10.9 Å². The van der Waals surface area contributed by atoms with E-state index in [1.165, 1.54) is 14.2 Å². The first-order valence-corrected chi connectivity index (χ1v) is 8.45. The van der Waals surface area contributed by atoms with Crippen molar-refractivity contribution < 1.29 is 28.6 Å². The van der Waals surface area contributed by atoms with Gasteiger partial charge in [-0.2, -0.15) is 0 Å². The van der Waals surface area contributed by atoms with Gasteiger partial charge in [-0.25, -0.2) is 9.78 Å². The standard InChI is InChI=1S/C18H19ClN2O6/c1-4-27-15(23)8-14(22)20-9-11-6-12(19)5-10-7-13(18(24)26-3)17(25-2)21-16(10)11/h5-7H,4,8-9H2,1-3H3,(H,20,22). The number of aromatic nitrogens is 1. The van der Waals surface area contributed by atoms with Gasteiger partial charge in [-0.3, -0.25) is 9.59 Å². The van der Waals surface area contributed by atoms with E-state index in [1.54, 1.807) is 25.1 Å². The molecule has 0 atom stereocenters. The number of esters is 2. The number of carbonyl (C=O) groups is 3. The van der Waals surface area contributed by atoms with Crippen LogP contribution in [0, 0.1) is 0 Å². The van der Waals surface area contributed by atoms with Crippen LogP contribution >= 0.6 is 11.6 Å². The highest BCUT2D eigenvalue weighted by Gasteiger charge is 2.18. The van der Waals surface area contributed by atoms with Gasteiger partial charge in [0.05, 0.1) is 26.3 Å². The molecule has 0 radical (unpaired) electrons. The maximum Gasteiger partial charge on any atom is 0.343 e. The summed E-state index contributed by atoms with van der Waals surface area (Å²) in [5, 5.41) is 3.61. The first-order chi connectivity index (χ1) is 12.9. The Hall–Kier alpha value is -2.87. The molecule has 2 aromatic rings. The van der Waals surface area contributed by atoms with Gasteiger partial charge >= 0.3 is 11.9 Å². The Kier molecular flexibility index (Phi) is 6.95. The van der Waals surface area contributed by atoms with Crippen LogP contribution in [0.2, 0.25) is 5.02 Å². The molecule has 0 spiro atoms. The highest BCUT2D eigenvalue weighted by atomic mass is 35.5. The topological polar surface area (TPSA) is 104 Å². The van der Waals surface area contributed by atoms with Crippen molar-refractivity contribution in [1.82, 2.24) is 10.3 Å².